The fraction of sp³-hybridized carbons (Fsp3) is 0.368. The molecule has 170 valence electrons. The lowest BCUT2D eigenvalue weighted by molar-refractivity contribution is -0.121. The van der Waals surface area contributed by atoms with Gasteiger partial charge in [-0.1, -0.05) is 0 Å². The number of aromatic nitrogens is 1. The fourth-order valence-electron chi connectivity index (χ4n) is 2.67. The number of carbonyl (C=O) groups excluding carboxylic acids is 1. The van der Waals surface area contributed by atoms with Crippen LogP contribution in [0.1, 0.15) is 8.35 Å². The van der Waals surface area contributed by atoms with E-state index in [4.69, 9.17) is 4.74 Å². The molecule has 6 N–H and O–H groups in total. The van der Waals surface area contributed by atoms with Gasteiger partial charge in [-0.25, -0.2) is 13.8 Å². The molecule has 1 amide bonds. The molecule has 0 radical (unpaired) electrons. The van der Waals surface area contributed by atoms with Gasteiger partial charge in [-0.3, -0.25) is 9.69 Å². The number of hydrogen-bond acceptors (Lipinski definition) is 6. The third-order valence-electron chi connectivity index (χ3n) is 4.19. The molecule has 1 fully saturated rings. The van der Waals surface area contributed by atoms with Crippen molar-refractivity contribution in [3.63, 3.8) is 0 Å². The van der Waals surface area contributed by atoms with Crippen molar-refractivity contribution in [2.75, 3.05) is 37.8 Å². The summed E-state index contributed by atoms with van der Waals surface area (Å²) in [4.78, 5) is 18.5. The van der Waals surface area contributed by atoms with Gasteiger partial charge >= 0.3 is 0 Å². The first-order chi connectivity index (χ1) is 13.5. The van der Waals surface area contributed by atoms with E-state index in [-0.39, 0.29) is 35.8 Å². The van der Waals surface area contributed by atoms with Gasteiger partial charge in [-0.15, -0.1) is 0 Å². The number of amides is 1. The molecule has 0 saturated carbocycles. The van der Waals surface area contributed by atoms with E-state index < -0.39 is 11.6 Å². The number of benzene rings is 1. The summed E-state index contributed by atoms with van der Waals surface area (Å²) in [5.74, 6) is -1.06. The molecule has 11 heteroatoms. The van der Waals surface area contributed by atoms with Crippen LogP contribution in [0, 0.1) is 11.6 Å². The van der Waals surface area contributed by atoms with Gasteiger partial charge in [0.25, 0.3) is 0 Å². The minimum absolute atomic E-state index is 0. The summed E-state index contributed by atoms with van der Waals surface area (Å²) in [6.07, 6.45) is 3.06. The average Bonchev–Trinajstić information content (AvgIpc) is 2.73. The van der Waals surface area contributed by atoms with Gasteiger partial charge in [0.2, 0.25) is 5.91 Å². The fourth-order valence-corrected chi connectivity index (χ4v) is 2.67. The van der Waals surface area contributed by atoms with Crippen LogP contribution in [0.15, 0.2) is 36.5 Å². The van der Waals surface area contributed by atoms with Crippen LogP contribution < -0.4 is 15.4 Å². The average molecular weight is 449 g/mol. The third-order valence-corrected chi connectivity index (χ3v) is 4.19. The number of halogens is 2. The Labute approximate surface area is 181 Å². The second-order valence-corrected chi connectivity index (χ2v) is 6.01. The van der Waals surface area contributed by atoms with E-state index in [2.05, 4.69) is 33.1 Å². The predicted octanol–water partition coefficient (Wildman–Crippen LogP) is 1.53. The molecule has 0 spiro atoms. The van der Waals surface area contributed by atoms with Crippen molar-refractivity contribution in [2.24, 2.45) is 0 Å². The molecular weight excluding hydrogens is 418 g/mol. The van der Waals surface area contributed by atoms with Gasteiger partial charge in [0, 0.05) is 33.7 Å². The van der Waals surface area contributed by atoms with E-state index in [1.54, 1.807) is 18.4 Å². The highest BCUT2D eigenvalue weighted by atomic mass is 32.1. The van der Waals surface area contributed by atoms with Crippen LogP contribution >= 0.6 is 12.6 Å². The maximum absolute atomic E-state index is 13.6. The molecule has 0 aliphatic carbocycles. The highest BCUT2D eigenvalue weighted by Crippen LogP contribution is 2.25. The highest BCUT2D eigenvalue weighted by molar-refractivity contribution is 7.79. The Bertz CT molecular complexity index is 784. The summed E-state index contributed by atoms with van der Waals surface area (Å²) in [6, 6.07) is 5.92. The van der Waals surface area contributed by atoms with E-state index >= 15 is 0 Å². The lowest BCUT2D eigenvalue weighted by atomic mass is 10.2. The van der Waals surface area contributed by atoms with Crippen LogP contribution in [0.2, 0.25) is 0 Å². The molecular formula is C19H30F2N4O4S. The molecule has 30 heavy (non-hydrogen) atoms. The van der Waals surface area contributed by atoms with Crippen molar-refractivity contribution in [1.82, 2.24) is 15.2 Å². The lowest BCUT2D eigenvalue weighted by Gasteiger charge is -2.31. The summed E-state index contributed by atoms with van der Waals surface area (Å²) in [5.41, 5.74) is 0. The SMILES string of the molecule is CS.C[C@@H](C(=O)Nc1ccc(Oc2ccc(F)cc2F)cn1)N1CCNCC1.O.O.[HH]. The van der Waals surface area contributed by atoms with Crippen LogP contribution in [0.4, 0.5) is 14.6 Å². The van der Waals surface area contributed by atoms with E-state index in [0.29, 0.717) is 5.82 Å². The number of piperazine rings is 1. The maximum Gasteiger partial charge on any atom is 0.242 e. The van der Waals surface area contributed by atoms with Gasteiger partial charge in [-0.2, -0.15) is 12.6 Å². The molecule has 8 nitrogen and oxygen atoms in total. The molecule has 1 saturated heterocycles. The Morgan fingerprint density at radius 1 is 1.23 bits per heavy atom. The molecule has 2 aromatic rings. The summed E-state index contributed by atoms with van der Waals surface area (Å²) in [5, 5.41) is 6.00. The van der Waals surface area contributed by atoms with Gasteiger partial charge in [-0.05, 0) is 37.4 Å². The number of nitrogens with zero attached hydrogens (tertiary/aromatic N) is 2. The molecule has 1 aliphatic rings. The Morgan fingerprint density at radius 3 is 2.47 bits per heavy atom. The largest absolute Gasteiger partial charge is 0.453 e. The summed E-state index contributed by atoms with van der Waals surface area (Å²) in [6.45, 7) is 5.22. The molecule has 0 bridgehead atoms. The molecule has 1 atom stereocenters. The Kier molecular flexibility index (Phi) is 12.8. The molecule has 1 aromatic heterocycles. The zero-order valence-electron chi connectivity index (χ0n) is 16.8. The number of rotatable bonds is 5. The topological polar surface area (TPSA) is 129 Å². The van der Waals surface area contributed by atoms with E-state index in [1.807, 2.05) is 6.92 Å². The number of carbonyl (C=O) groups is 1. The Hall–Kier alpha value is -2.31. The van der Waals surface area contributed by atoms with Crippen LogP contribution in [-0.2, 0) is 4.79 Å². The van der Waals surface area contributed by atoms with Crippen LogP contribution in [0.3, 0.4) is 0 Å². The van der Waals surface area contributed by atoms with Crippen molar-refractivity contribution in [2.45, 2.75) is 13.0 Å². The van der Waals surface area contributed by atoms with Gasteiger partial charge in [0.05, 0.1) is 12.2 Å². The molecule has 1 aliphatic heterocycles. The minimum atomic E-state index is -0.799. The van der Waals surface area contributed by atoms with Gasteiger partial charge < -0.3 is 26.3 Å². The number of thiol groups is 1. The molecule has 1 aromatic carbocycles. The second kappa shape index (κ2) is 13.8. The predicted molar refractivity (Wildman–Crippen MR) is 117 cm³/mol. The molecule has 3 rings (SSSR count). The van der Waals surface area contributed by atoms with Crippen molar-refractivity contribution < 1.29 is 30.7 Å². The zero-order valence-corrected chi connectivity index (χ0v) is 17.7. The number of nitrogens with one attached hydrogen (secondary N) is 2. The Morgan fingerprint density at radius 2 is 1.90 bits per heavy atom. The summed E-state index contributed by atoms with van der Waals surface area (Å²) >= 11 is 3.53. The van der Waals surface area contributed by atoms with Crippen LogP contribution in [0.5, 0.6) is 11.5 Å². The first-order valence-corrected chi connectivity index (χ1v) is 9.71. The minimum Gasteiger partial charge on any atom is -0.453 e. The van der Waals surface area contributed by atoms with Crippen LogP contribution in [-0.4, -0.2) is 65.2 Å². The first-order valence-electron chi connectivity index (χ1n) is 8.82. The van der Waals surface area contributed by atoms with E-state index in [9.17, 15) is 13.6 Å². The highest BCUT2D eigenvalue weighted by Gasteiger charge is 2.22. The lowest BCUT2D eigenvalue weighted by Crippen LogP contribution is -2.51. The van der Waals surface area contributed by atoms with Crippen molar-refractivity contribution in [3.05, 3.63) is 48.2 Å². The Balaban J connectivity index is 0. The monoisotopic (exact) mass is 448 g/mol. The van der Waals surface area contributed by atoms with E-state index in [0.717, 1.165) is 38.3 Å². The number of hydrogen-bond donors (Lipinski definition) is 3. The third kappa shape index (κ3) is 7.84. The van der Waals surface area contributed by atoms with Crippen molar-refractivity contribution in [1.29, 1.82) is 0 Å². The van der Waals surface area contributed by atoms with E-state index in [1.165, 1.54) is 12.3 Å². The maximum atomic E-state index is 13.6. The molecule has 0 unspecified atom stereocenters. The summed E-state index contributed by atoms with van der Waals surface area (Å²) < 4.78 is 31.8. The quantitative estimate of drug-likeness (QED) is 0.597. The second-order valence-electron chi connectivity index (χ2n) is 6.01. The van der Waals surface area contributed by atoms with Crippen LogP contribution in [0.25, 0.3) is 0 Å². The zero-order chi connectivity index (χ0) is 20.5. The first kappa shape index (κ1) is 27.7. The van der Waals surface area contributed by atoms with Gasteiger partial charge in [0.1, 0.15) is 17.4 Å². The normalized spacial score (nSPS) is 14.2. The van der Waals surface area contributed by atoms with Crippen molar-refractivity contribution >= 4 is 24.4 Å². The summed E-state index contributed by atoms with van der Waals surface area (Å²) in [7, 11) is 0. The van der Waals surface area contributed by atoms with Crippen molar-refractivity contribution in [3.8, 4) is 11.5 Å². The van der Waals surface area contributed by atoms with Gasteiger partial charge in [0.15, 0.2) is 11.6 Å². The number of anilines is 1. The number of ether oxygens (including phenoxy) is 1. The standard InChI is InChI=1S/C18H20F2N4O2.CH4S.2H2O.H2/c1-12(24-8-6-21-7-9-24)18(25)23-17-5-3-14(11-22-17)26-16-4-2-13(19)10-15(16)20;1-2;;;/h2-5,10-12,21H,6-9H2,1H3,(H,22,23,25);2H,1H3;2*1H2;1H/t12-;;;;/m0..../s1. The smallest absolute Gasteiger partial charge is 0.242 e. The molecule has 2 heterocycles. The number of pyridine rings is 1.